The van der Waals surface area contributed by atoms with Gasteiger partial charge in [-0.3, -0.25) is 0 Å². The van der Waals surface area contributed by atoms with Crippen LogP contribution in [0.5, 0.6) is 0 Å². The van der Waals surface area contributed by atoms with Crippen molar-refractivity contribution in [1.29, 1.82) is 0 Å². The maximum Gasteiger partial charge on any atom is 0.115 e. The second-order valence-corrected chi connectivity index (χ2v) is 5.22. The summed E-state index contributed by atoms with van der Waals surface area (Å²) in [6.07, 6.45) is 2.71. The molecule has 1 aliphatic heterocycles. The van der Waals surface area contributed by atoms with Gasteiger partial charge in [0.25, 0.3) is 0 Å². The summed E-state index contributed by atoms with van der Waals surface area (Å²) in [5.74, 6) is 0.988. The van der Waals surface area contributed by atoms with Crippen LogP contribution < -0.4 is 0 Å². The summed E-state index contributed by atoms with van der Waals surface area (Å²) in [6.45, 7) is 5.45. The Morgan fingerprint density at radius 3 is 2.38 bits per heavy atom. The third kappa shape index (κ3) is 1.61. The Labute approximate surface area is 80.3 Å². The van der Waals surface area contributed by atoms with Gasteiger partial charge in [0.05, 0.1) is 0 Å². The maximum atomic E-state index is 13.8. The van der Waals surface area contributed by atoms with Gasteiger partial charge in [-0.2, -0.15) is 0 Å². The van der Waals surface area contributed by atoms with Crippen LogP contribution in [0.3, 0.4) is 0 Å². The van der Waals surface area contributed by atoms with E-state index in [1.54, 1.807) is 0 Å². The van der Waals surface area contributed by atoms with E-state index in [0.717, 1.165) is 25.8 Å². The molecule has 13 heavy (non-hydrogen) atoms. The van der Waals surface area contributed by atoms with E-state index in [9.17, 15) is 4.39 Å². The molecule has 1 heterocycles. The van der Waals surface area contributed by atoms with E-state index in [4.69, 9.17) is 0 Å². The van der Waals surface area contributed by atoms with E-state index in [2.05, 4.69) is 25.8 Å². The Kier molecular flexibility index (Phi) is 2.14. The average Bonchev–Trinajstić information content (AvgIpc) is 2.63. The average molecular weight is 185 g/mol. The molecule has 1 saturated heterocycles. The van der Waals surface area contributed by atoms with Gasteiger partial charge in [-0.05, 0) is 32.2 Å². The minimum Gasteiger partial charge on any atom is -0.303 e. The van der Waals surface area contributed by atoms with Crippen molar-refractivity contribution in [1.82, 2.24) is 4.90 Å². The largest absolute Gasteiger partial charge is 0.303 e. The van der Waals surface area contributed by atoms with Crippen LogP contribution in [0.15, 0.2) is 0 Å². The highest BCUT2D eigenvalue weighted by Gasteiger charge is 2.53. The zero-order valence-electron chi connectivity index (χ0n) is 8.89. The molecule has 0 spiro atoms. The standard InChI is InChI=1S/C11H20FN/c1-8(2)10-6-9(7-13(10)3)11(12)4-5-11/h8-10H,4-7H2,1-3H3. The summed E-state index contributed by atoms with van der Waals surface area (Å²) in [7, 11) is 2.14. The minimum atomic E-state index is -0.766. The van der Waals surface area contributed by atoms with Gasteiger partial charge in [0.1, 0.15) is 5.67 Å². The summed E-state index contributed by atoms with van der Waals surface area (Å²) >= 11 is 0. The highest BCUT2D eigenvalue weighted by Crippen LogP contribution is 2.51. The lowest BCUT2D eigenvalue weighted by Crippen LogP contribution is -2.29. The van der Waals surface area contributed by atoms with Gasteiger partial charge in [-0.25, -0.2) is 4.39 Å². The smallest absolute Gasteiger partial charge is 0.115 e. The van der Waals surface area contributed by atoms with Crippen LogP contribution in [0.2, 0.25) is 0 Å². The first-order valence-electron chi connectivity index (χ1n) is 5.42. The Hall–Kier alpha value is -0.110. The van der Waals surface area contributed by atoms with Crippen LogP contribution in [0, 0.1) is 11.8 Å². The first kappa shape index (κ1) is 9.45. The zero-order valence-corrected chi connectivity index (χ0v) is 8.89. The zero-order chi connectivity index (χ0) is 9.64. The number of hydrogen-bond donors (Lipinski definition) is 0. The monoisotopic (exact) mass is 185 g/mol. The third-order valence-corrected chi connectivity index (χ3v) is 3.83. The molecule has 0 radical (unpaired) electrons. The van der Waals surface area contributed by atoms with Crippen molar-refractivity contribution in [3.63, 3.8) is 0 Å². The summed E-state index contributed by atoms with van der Waals surface area (Å²) in [6, 6.07) is 0.609. The van der Waals surface area contributed by atoms with Crippen LogP contribution in [0.25, 0.3) is 0 Å². The Balaban J connectivity index is 1.98. The molecule has 2 fully saturated rings. The van der Waals surface area contributed by atoms with E-state index >= 15 is 0 Å². The lowest BCUT2D eigenvalue weighted by Gasteiger charge is -2.22. The van der Waals surface area contributed by atoms with Gasteiger partial charge < -0.3 is 4.90 Å². The van der Waals surface area contributed by atoms with E-state index in [1.807, 2.05) is 0 Å². The topological polar surface area (TPSA) is 3.24 Å². The summed E-state index contributed by atoms with van der Waals surface area (Å²) < 4.78 is 13.8. The lowest BCUT2D eigenvalue weighted by atomic mass is 9.93. The van der Waals surface area contributed by atoms with E-state index in [1.165, 1.54) is 0 Å². The highest BCUT2D eigenvalue weighted by molar-refractivity contribution is 5.05. The molecule has 76 valence electrons. The Bertz CT molecular complexity index is 198. The molecule has 2 aliphatic rings. The molecule has 1 nitrogen and oxygen atoms in total. The lowest BCUT2D eigenvalue weighted by molar-refractivity contribution is 0.203. The van der Waals surface area contributed by atoms with Gasteiger partial charge in [-0.1, -0.05) is 13.8 Å². The van der Waals surface area contributed by atoms with Crippen molar-refractivity contribution >= 4 is 0 Å². The molecule has 2 rings (SSSR count). The number of halogens is 1. The molecule has 1 aliphatic carbocycles. The second kappa shape index (κ2) is 2.94. The Morgan fingerprint density at radius 1 is 1.38 bits per heavy atom. The first-order chi connectivity index (χ1) is 6.03. The van der Waals surface area contributed by atoms with Crippen molar-refractivity contribution in [2.75, 3.05) is 13.6 Å². The molecule has 0 N–H and O–H groups in total. The normalized spacial score (nSPS) is 38.5. The van der Waals surface area contributed by atoms with E-state index in [-0.39, 0.29) is 0 Å². The molecule has 0 aromatic carbocycles. The fraction of sp³-hybridized carbons (Fsp3) is 1.00. The molecule has 2 atom stereocenters. The highest BCUT2D eigenvalue weighted by atomic mass is 19.1. The van der Waals surface area contributed by atoms with Crippen LogP contribution in [0.1, 0.15) is 33.1 Å². The van der Waals surface area contributed by atoms with E-state index < -0.39 is 5.67 Å². The molecule has 0 aromatic heterocycles. The number of hydrogen-bond acceptors (Lipinski definition) is 1. The van der Waals surface area contributed by atoms with Crippen molar-refractivity contribution in [3.05, 3.63) is 0 Å². The third-order valence-electron chi connectivity index (χ3n) is 3.83. The summed E-state index contributed by atoms with van der Waals surface area (Å²) in [5.41, 5.74) is -0.766. The number of likely N-dealkylation sites (tertiary alicyclic amines) is 1. The molecule has 2 unspecified atom stereocenters. The number of nitrogens with zero attached hydrogens (tertiary/aromatic N) is 1. The van der Waals surface area contributed by atoms with Crippen LogP contribution in [-0.4, -0.2) is 30.2 Å². The summed E-state index contributed by atoms with van der Waals surface area (Å²) in [5, 5.41) is 0. The SMILES string of the molecule is CC(C)C1CC(C2(F)CC2)CN1C. The fourth-order valence-electron chi connectivity index (χ4n) is 2.71. The molecule has 0 aromatic rings. The summed E-state index contributed by atoms with van der Waals surface area (Å²) in [4.78, 5) is 2.34. The maximum absolute atomic E-state index is 13.8. The molecular weight excluding hydrogens is 165 g/mol. The van der Waals surface area contributed by atoms with Gasteiger partial charge >= 0.3 is 0 Å². The molecule has 2 heteroatoms. The van der Waals surface area contributed by atoms with Gasteiger partial charge in [0.15, 0.2) is 0 Å². The predicted octanol–water partition coefficient (Wildman–Crippen LogP) is 2.46. The number of rotatable bonds is 2. The van der Waals surface area contributed by atoms with E-state index in [0.29, 0.717) is 17.9 Å². The predicted molar refractivity (Wildman–Crippen MR) is 52.4 cm³/mol. The van der Waals surface area contributed by atoms with Crippen molar-refractivity contribution in [2.24, 2.45) is 11.8 Å². The van der Waals surface area contributed by atoms with Crippen LogP contribution >= 0.6 is 0 Å². The van der Waals surface area contributed by atoms with Gasteiger partial charge in [0, 0.05) is 18.5 Å². The van der Waals surface area contributed by atoms with Crippen LogP contribution in [0.4, 0.5) is 4.39 Å². The van der Waals surface area contributed by atoms with Crippen molar-refractivity contribution in [3.8, 4) is 0 Å². The fourth-order valence-corrected chi connectivity index (χ4v) is 2.71. The first-order valence-corrected chi connectivity index (χ1v) is 5.42. The quantitative estimate of drug-likeness (QED) is 0.639. The van der Waals surface area contributed by atoms with Gasteiger partial charge in [0.2, 0.25) is 0 Å². The molecular formula is C11H20FN. The molecule has 0 bridgehead atoms. The second-order valence-electron chi connectivity index (χ2n) is 5.22. The van der Waals surface area contributed by atoms with Crippen molar-refractivity contribution in [2.45, 2.75) is 44.8 Å². The number of alkyl halides is 1. The van der Waals surface area contributed by atoms with Crippen molar-refractivity contribution < 1.29 is 4.39 Å². The Morgan fingerprint density at radius 2 is 2.00 bits per heavy atom. The van der Waals surface area contributed by atoms with Crippen LogP contribution in [-0.2, 0) is 0 Å². The molecule has 1 saturated carbocycles. The minimum absolute atomic E-state index is 0.324. The van der Waals surface area contributed by atoms with Gasteiger partial charge in [-0.15, -0.1) is 0 Å². The molecule has 0 amide bonds.